The maximum Gasteiger partial charge on any atom is 0.340 e. The van der Waals surface area contributed by atoms with Gasteiger partial charge in [0.2, 0.25) is 11.8 Å². The van der Waals surface area contributed by atoms with Crippen molar-refractivity contribution in [2.75, 3.05) is 5.73 Å². The topological polar surface area (TPSA) is 108 Å². The molecule has 0 saturated heterocycles. The Morgan fingerprint density at radius 2 is 1.85 bits per heavy atom. The van der Waals surface area contributed by atoms with E-state index in [1.807, 2.05) is 19.9 Å². The van der Waals surface area contributed by atoms with E-state index in [9.17, 15) is 8.42 Å². The van der Waals surface area contributed by atoms with E-state index in [1.165, 1.54) is 12.1 Å². The minimum Gasteiger partial charge on any atom is -0.466 e. The van der Waals surface area contributed by atoms with Crippen LogP contribution in [-0.2, 0) is 23.0 Å². The Hall–Kier alpha value is -2.87. The van der Waals surface area contributed by atoms with Crippen LogP contribution in [0.4, 0.5) is 5.95 Å². The molecule has 2 aromatic heterocycles. The summed E-state index contributed by atoms with van der Waals surface area (Å²) in [5.74, 6) is 1.51. The van der Waals surface area contributed by atoms with Crippen molar-refractivity contribution in [2.45, 2.75) is 38.0 Å². The number of hydrogen-bond donors (Lipinski definition) is 1. The lowest BCUT2D eigenvalue weighted by Gasteiger charge is -2.13. The Morgan fingerprint density at radius 1 is 1.11 bits per heavy atom. The van der Waals surface area contributed by atoms with Crippen molar-refractivity contribution in [1.29, 1.82) is 0 Å². The van der Waals surface area contributed by atoms with Gasteiger partial charge in [-0.15, -0.1) is 0 Å². The smallest absolute Gasteiger partial charge is 0.340 e. The molecule has 1 aliphatic rings. The van der Waals surface area contributed by atoms with Crippen molar-refractivity contribution < 1.29 is 17.0 Å². The van der Waals surface area contributed by atoms with E-state index in [1.54, 1.807) is 12.1 Å². The molecular weight excluding hydrogens is 366 g/mol. The second-order valence-electron chi connectivity index (χ2n) is 6.61. The summed E-state index contributed by atoms with van der Waals surface area (Å²) in [5.41, 5.74) is 8.81. The molecule has 8 heteroatoms. The zero-order chi connectivity index (χ0) is 19.2. The molecule has 0 unspecified atom stereocenters. The Balaban J connectivity index is 1.81. The van der Waals surface area contributed by atoms with Crippen molar-refractivity contribution in [3.63, 3.8) is 0 Å². The third-order valence-corrected chi connectivity index (χ3v) is 5.73. The Labute approximate surface area is 157 Å². The summed E-state index contributed by atoms with van der Waals surface area (Å²) in [6, 6.07) is 8.32. The molecule has 0 bridgehead atoms. The van der Waals surface area contributed by atoms with Crippen molar-refractivity contribution in [3.8, 4) is 17.1 Å². The Bertz CT molecular complexity index is 1120. The maximum atomic E-state index is 12.7. The summed E-state index contributed by atoms with van der Waals surface area (Å²) in [4.78, 5) is 8.47. The van der Waals surface area contributed by atoms with E-state index in [-0.39, 0.29) is 16.7 Å². The minimum absolute atomic E-state index is 0.0234. The molecule has 2 heterocycles. The van der Waals surface area contributed by atoms with Gasteiger partial charge in [-0.1, -0.05) is 17.7 Å². The van der Waals surface area contributed by atoms with Crippen molar-refractivity contribution >= 4 is 16.1 Å². The van der Waals surface area contributed by atoms with Crippen LogP contribution < -0.4 is 9.92 Å². The molecule has 1 aromatic carbocycles. The summed E-state index contributed by atoms with van der Waals surface area (Å²) in [6.07, 6.45) is 2.06. The first kappa shape index (κ1) is 17.5. The monoisotopic (exact) mass is 385 g/mol. The van der Waals surface area contributed by atoms with Gasteiger partial charge in [0.05, 0.1) is 5.69 Å². The molecule has 0 fully saturated rings. The molecule has 0 saturated carbocycles. The van der Waals surface area contributed by atoms with E-state index in [4.69, 9.17) is 14.3 Å². The summed E-state index contributed by atoms with van der Waals surface area (Å²) in [6.45, 7) is 3.74. The van der Waals surface area contributed by atoms with E-state index in [0.29, 0.717) is 17.7 Å². The molecule has 0 amide bonds. The summed E-state index contributed by atoms with van der Waals surface area (Å²) >= 11 is 0. The van der Waals surface area contributed by atoms with E-state index in [0.717, 1.165) is 35.5 Å². The number of aromatic nitrogens is 2. The van der Waals surface area contributed by atoms with Crippen molar-refractivity contribution in [3.05, 3.63) is 53.0 Å². The van der Waals surface area contributed by atoms with Crippen molar-refractivity contribution in [2.24, 2.45) is 0 Å². The highest BCUT2D eigenvalue weighted by Crippen LogP contribution is 2.37. The molecule has 3 aromatic rings. The highest BCUT2D eigenvalue weighted by Gasteiger charge is 2.27. The number of nitrogens with two attached hydrogens (primary N) is 1. The summed E-state index contributed by atoms with van der Waals surface area (Å²) in [7, 11) is -4.03. The predicted octanol–water partition coefficient (Wildman–Crippen LogP) is 3.19. The number of nitrogens with zero attached hydrogens (tertiary/aromatic N) is 2. The van der Waals surface area contributed by atoms with Gasteiger partial charge in [0.15, 0.2) is 0 Å². The van der Waals surface area contributed by atoms with E-state index < -0.39 is 10.1 Å². The largest absolute Gasteiger partial charge is 0.466 e. The third kappa shape index (κ3) is 3.28. The summed E-state index contributed by atoms with van der Waals surface area (Å²) in [5, 5.41) is 0. The number of benzene rings is 1. The first-order chi connectivity index (χ1) is 12.8. The molecule has 140 valence electrons. The zero-order valence-electron chi connectivity index (χ0n) is 15.0. The fourth-order valence-electron chi connectivity index (χ4n) is 3.23. The summed E-state index contributed by atoms with van der Waals surface area (Å²) < 4.78 is 36.5. The molecule has 2 N–H and O–H groups in total. The van der Waals surface area contributed by atoms with Crippen LogP contribution in [0.3, 0.4) is 0 Å². The first-order valence-corrected chi connectivity index (χ1v) is 10.0. The zero-order valence-corrected chi connectivity index (χ0v) is 15.8. The van der Waals surface area contributed by atoms with Crippen LogP contribution in [0.15, 0.2) is 39.6 Å². The van der Waals surface area contributed by atoms with Crippen LogP contribution >= 0.6 is 0 Å². The highest BCUT2D eigenvalue weighted by molar-refractivity contribution is 7.87. The number of furan rings is 1. The molecule has 0 spiro atoms. The van der Waals surface area contributed by atoms with E-state index in [2.05, 4.69) is 9.97 Å². The normalized spacial score (nSPS) is 13.6. The second-order valence-corrected chi connectivity index (χ2v) is 8.16. The second kappa shape index (κ2) is 6.38. The number of anilines is 1. The average molecular weight is 385 g/mol. The van der Waals surface area contributed by atoms with Crippen LogP contribution in [0.25, 0.3) is 11.3 Å². The molecule has 27 heavy (non-hydrogen) atoms. The quantitative estimate of drug-likeness (QED) is 0.690. The van der Waals surface area contributed by atoms with Gasteiger partial charge < -0.3 is 14.3 Å². The van der Waals surface area contributed by atoms with Crippen molar-refractivity contribution in [1.82, 2.24) is 9.97 Å². The van der Waals surface area contributed by atoms with Crippen LogP contribution in [-0.4, -0.2) is 18.4 Å². The average Bonchev–Trinajstić information content (AvgIpc) is 2.88. The molecule has 4 rings (SSSR count). The van der Waals surface area contributed by atoms with E-state index >= 15 is 0 Å². The van der Waals surface area contributed by atoms with Crippen LogP contribution in [0, 0.1) is 13.8 Å². The number of fused-ring (bicyclic) bond motifs is 3. The third-order valence-electron chi connectivity index (χ3n) is 4.50. The van der Waals surface area contributed by atoms with Crippen LogP contribution in [0.2, 0.25) is 0 Å². The molecule has 0 aliphatic heterocycles. The van der Waals surface area contributed by atoms with Crippen LogP contribution in [0.5, 0.6) is 5.88 Å². The lowest BCUT2D eigenvalue weighted by Crippen LogP contribution is -2.14. The minimum atomic E-state index is -4.03. The van der Waals surface area contributed by atoms with Gasteiger partial charge in [-0.3, -0.25) is 0 Å². The number of aryl methyl sites for hydroxylation is 3. The predicted molar refractivity (Wildman–Crippen MR) is 99.9 cm³/mol. The lowest BCUT2D eigenvalue weighted by atomic mass is 10.1. The maximum absolute atomic E-state index is 12.7. The standard InChI is InChI=1S/C19H19N3O4S/c1-11-6-8-13(9-7-11)27(23,24)26-18-14-4-3-5-16-15(10-12(2)25-16)17(14)21-19(20)22-18/h6-10H,3-5H2,1-2H3,(H2,20,21,22). The van der Waals surface area contributed by atoms with Crippen LogP contribution in [0.1, 0.15) is 29.1 Å². The fraction of sp³-hybridized carbons (Fsp3) is 0.263. The molecule has 0 radical (unpaired) electrons. The first-order valence-electron chi connectivity index (χ1n) is 8.61. The van der Waals surface area contributed by atoms with Gasteiger partial charge in [0.25, 0.3) is 0 Å². The molecule has 0 atom stereocenters. The highest BCUT2D eigenvalue weighted by atomic mass is 32.2. The number of nitrogen functional groups attached to an aromatic ring is 1. The lowest BCUT2D eigenvalue weighted by molar-refractivity contribution is 0.468. The van der Waals surface area contributed by atoms with Gasteiger partial charge >= 0.3 is 10.1 Å². The fourth-order valence-corrected chi connectivity index (χ4v) is 4.14. The molecule has 7 nitrogen and oxygen atoms in total. The van der Waals surface area contributed by atoms with Gasteiger partial charge in [0.1, 0.15) is 16.4 Å². The van der Waals surface area contributed by atoms with Gasteiger partial charge in [-0.2, -0.15) is 13.4 Å². The number of rotatable bonds is 3. The molecular formula is C19H19N3O4S. The molecule has 1 aliphatic carbocycles. The Kier molecular flexibility index (Phi) is 4.15. The number of hydrogen-bond acceptors (Lipinski definition) is 7. The Morgan fingerprint density at radius 3 is 2.59 bits per heavy atom. The van der Waals surface area contributed by atoms with Gasteiger partial charge in [-0.05, 0) is 44.9 Å². The van der Waals surface area contributed by atoms with Gasteiger partial charge in [0, 0.05) is 17.5 Å². The SMILES string of the molecule is Cc1ccc(S(=O)(=O)Oc2nc(N)nc3c2CCCc2oc(C)cc2-3)cc1. The van der Waals surface area contributed by atoms with Gasteiger partial charge in [-0.25, -0.2) is 4.98 Å².